The molecule has 3 nitrogen and oxygen atoms in total. The molecule has 0 saturated heterocycles. The summed E-state index contributed by atoms with van der Waals surface area (Å²) in [5, 5.41) is 11.6. The molecule has 1 N–H and O–H groups in total. The minimum Gasteiger partial charge on any atom is -0.348 e. The van der Waals surface area contributed by atoms with Crippen LogP contribution >= 0.6 is 27.5 Å². The van der Waals surface area contributed by atoms with Gasteiger partial charge >= 0.3 is 0 Å². The Morgan fingerprint density at radius 2 is 2.14 bits per heavy atom. The summed E-state index contributed by atoms with van der Waals surface area (Å²) in [6.07, 6.45) is 0. The Kier molecular flexibility index (Phi) is 4.94. The maximum absolute atomic E-state index is 13.7. The van der Waals surface area contributed by atoms with Gasteiger partial charge in [0.1, 0.15) is 5.82 Å². The third-order valence-electron chi connectivity index (χ3n) is 2.82. The van der Waals surface area contributed by atoms with Crippen LogP contribution < -0.4 is 5.32 Å². The predicted octanol–water partition coefficient (Wildman–Crippen LogP) is 4.04. The van der Waals surface area contributed by atoms with E-state index in [1.54, 1.807) is 18.2 Å². The number of nitrogens with zero attached hydrogens (tertiary/aromatic N) is 1. The molecule has 1 amide bonds. The first-order chi connectivity index (χ1) is 10.0. The highest BCUT2D eigenvalue weighted by Gasteiger charge is 2.13. The van der Waals surface area contributed by atoms with Crippen LogP contribution in [0.1, 0.15) is 21.5 Å². The largest absolute Gasteiger partial charge is 0.348 e. The molecule has 0 radical (unpaired) electrons. The predicted molar refractivity (Wildman–Crippen MR) is 81.4 cm³/mol. The number of hydrogen-bond donors (Lipinski definition) is 1. The second-order valence-corrected chi connectivity index (χ2v) is 5.43. The van der Waals surface area contributed by atoms with Gasteiger partial charge in [0.2, 0.25) is 0 Å². The summed E-state index contributed by atoms with van der Waals surface area (Å²) >= 11 is 9.26. The normalized spacial score (nSPS) is 10.0. The summed E-state index contributed by atoms with van der Waals surface area (Å²) in [4.78, 5) is 12.0. The first-order valence-electron chi connectivity index (χ1n) is 5.93. The van der Waals surface area contributed by atoms with E-state index in [1.807, 2.05) is 6.07 Å². The van der Waals surface area contributed by atoms with Crippen LogP contribution in [0.15, 0.2) is 40.9 Å². The molecule has 2 aromatic carbocycles. The summed E-state index contributed by atoms with van der Waals surface area (Å²) in [5.74, 6) is -0.931. The summed E-state index contributed by atoms with van der Waals surface area (Å²) < 4.78 is 14.3. The maximum Gasteiger partial charge on any atom is 0.253 e. The molecule has 0 heterocycles. The van der Waals surface area contributed by atoms with Crippen molar-refractivity contribution in [1.82, 2.24) is 5.32 Å². The van der Waals surface area contributed by atoms with Gasteiger partial charge in [0, 0.05) is 16.6 Å². The van der Waals surface area contributed by atoms with Crippen molar-refractivity contribution in [3.05, 3.63) is 68.4 Å². The lowest BCUT2D eigenvalue weighted by molar-refractivity contribution is 0.0950. The molecule has 0 bridgehead atoms. The molecule has 21 heavy (non-hydrogen) atoms. The molecule has 6 heteroatoms. The Morgan fingerprint density at radius 3 is 2.81 bits per heavy atom. The molecule has 0 saturated carbocycles. The smallest absolute Gasteiger partial charge is 0.253 e. The van der Waals surface area contributed by atoms with Gasteiger partial charge in [-0.05, 0) is 40.2 Å². The number of nitriles is 1. The molecule has 0 spiro atoms. The van der Waals surface area contributed by atoms with E-state index >= 15 is 0 Å². The van der Waals surface area contributed by atoms with Gasteiger partial charge in [-0.15, -0.1) is 0 Å². The standard InChI is InChI=1S/C15H9BrClFN2O/c16-12-3-1-2-11(14(12)17)15(21)20-8-10-5-4-9(7-19)6-13(10)18/h1-6H,8H2,(H,20,21). The highest BCUT2D eigenvalue weighted by molar-refractivity contribution is 9.10. The minimum atomic E-state index is -0.533. The average Bonchev–Trinajstić information content (AvgIpc) is 2.48. The van der Waals surface area contributed by atoms with Crippen molar-refractivity contribution >= 4 is 33.4 Å². The molecule has 2 rings (SSSR count). The van der Waals surface area contributed by atoms with Crippen LogP contribution in [0.5, 0.6) is 0 Å². The Labute approximate surface area is 134 Å². The molecule has 0 atom stereocenters. The van der Waals surface area contributed by atoms with Gasteiger partial charge in [0.05, 0.1) is 22.2 Å². The molecule has 0 unspecified atom stereocenters. The second-order valence-electron chi connectivity index (χ2n) is 4.20. The lowest BCUT2D eigenvalue weighted by Gasteiger charge is -2.08. The number of carbonyl (C=O) groups excluding carboxylic acids is 1. The van der Waals surface area contributed by atoms with E-state index in [0.717, 1.165) is 6.07 Å². The quantitative estimate of drug-likeness (QED) is 0.890. The maximum atomic E-state index is 13.7. The topological polar surface area (TPSA) is 52.9 Å². The SMILES string of the molecule is N#Cc1ccc(CNC(=O)c2cccc(Br)c2Cl)c(F)c1. The number of amides is 1. The molecule has 0 aliphatic heterocycles. The Morgan fingerprint density at radius 1 is 1.38 bits per heavy atom. The molecule has 106 valence electrons. The van der Waals surface area contributed by atoms with Crippen LogP contribution in [-0.2, 0) is 6.54 Å². The van der Waals surface area contributed by atoms with E-state index < -0.39 is 11.7 Å². The number of carbonyl (C=O) groups is 1. The number of nitrogens with one attached hydrogen (secondary N) is 1. The van der Waals surface area contributed by atoms with Gasteiger partial charge in [-0.1, -0.05) is 23.7 Å². The van der Waals surface area contributed by atoms with E-state index in [1.165, 1.54) is 12.1 Å². The lowest BCUT2D eigenvalue weighted by atomic mass is 10.1. The average molecular weight is 368 g/mol. The van der Waals surface area contributed by atoms with Crippen LogP contribution in [0.3, 0.4) is 0 Å². The number of halogens is 3. The van der Waals surface area contributed by atoms with Crippen molar-refractivity contribution in [2.24, 2.45) is 0 Å². The minimum absolute atomic E-state index is 0.0131. The van der Waals surface area contributed by atoms with Gasteiger partial charge in [-0.3, -0.25) is 4.79 Å². The lowest BCUT2D eigenvalue weighted by Crippen LogP contribution is -2.23. The summed E-state index contributed by atoms with van der Waals surface area (Å²) in [6, 6.07) is 10.9. The number of benzene rings is 2. The van der Waals surface area contributed by atoms with E-state index in [2.05, 4.69) is 21.2 Å². The zero-order chi connectivity index (χ0) is 15.4. The highest BCUT2D eigenvalue weighted by atomic mass is 79.9. The molecule has 0 fully saturated rings. The van der Waals surface area contributed by atoms with Crippen LogP contribution in [-0.4, -0.2) is 5.91 Å². The number of rotatable bonds is 3. The van der Waals surface area contributed by atoms with E-state index in [4.69, 9.17) is 16.9 Å². The van der Waals surface area contributed by atoms with Crippen molar-refractivity contribution in [2.45, 2.75) is 6.54 Å². The highest BCUT2D eigenvalue weighted by Crippen LogP contribution is 2.25. The zero-order valence-corrected chi connectivity index (χ0v) is 13.0. The van der Waals surface area contributed by atoms with Gasteiger partial charge in [-0.25, -0.2) is 4.39 Å². The fraction of sp³-hybridized carbons (Fsp3) is 0.0667. The van der Waals surface area contributed by atoms with Crippen LogP contribution in [0.4, 0.5) is 4.39 Å². The summed E-state index contributed by atoms with van der Waals surface area (Å²) in [5.41, 5.74) is 0.839. The first kappa shape index (κ1) is 15.5. The van der Waals surface area contributed by atoms with Crippen molar-refractivity contribution in [3.8, 4) is 6.07 Å². The van der Waals surface area contributed by atoms with Crippen molar-refractivity contribution in [3.63, 3.8) is 0 Å². The van der Waals surface area contributed by atoms with Crippen molar-refractivity contribution < 1.29 is 9.18 Å². The second kappa shape index (κ2) is 6.70. The summed E-state index contributed by atoms with van der Waals surface area (Å²) in [7, 11) is 0. The van der Waals surface area contributed by atoms with Crippen LogP contribution in [0, 0.1) is 17.1 Å². The fourth-order valence-electron chi connectivity index (χ4n) is 1.71. The third kappa shape index (κ3) is 3.60. The molecule has 2 aromatic rings. The molecule has 0 aliphatic carbocycles. The van der Waals surface area contributed by atoms with Crippen molar-refractivity contribution in [2.75, 3.05) is 0 Å². The van der Waals surface area contributed by atoms with Gasteiger partial charge in [0.25, 0.3) is 5.91 Å². The van der Waals surface area contributed by atoms with E-state index in [-0.39, 0.29) is 12.1 Å². The van der Waals surface area contributed by atoms with E-state index in [0.29, 0.717) is 20.6 Å². The van der Waals surface area contributed by atoms with Gasteiger partial charge in [0.15, 0.2) is 0 Å². The molecule has 0 aliphatic rings. The van der Waals surface area contributed by atoms with Crippen molar-refractivity contribution in [1.29, 1.82) is 5.26 Å². The van der Waals surface area contributed by atoms with Gasteiger partial charge < -0.3 is 5.32 Å². The molecular formula is C15H9BrClFN2O. The molecular weight excluding hydrogens is 359 g/mol. The number of hydrogen-bond acceptors (Lipinski definition) is 2. The molecule has 0 aromatic heterocycles. The monoisotopic (exact) mass is 366 g/mol. The van der Waals surface area contributed by atoms with Crippen LogP contribution in [0.2, 0.25) is 5.02 Å². The Balaban J connectivity index is 2.11. The first-order valence-corrected chi connectivity index (χ1v) is 7.10. The Hall–Kier alpha value is -1.90. The third-order valence-corrected chi connectivity index (χ3v) is 4.11. The van der Waals surface area contributed by atoms with Gasteiger partial charge in [-0.2, -0.15) is 5.26 Å². The summed E-state index contributed by atoms with van der Waals surface area (Å²) in [6.45, 7) is 0.0131. The fourth-order valence-corrected chi connectivity index (χ4v) is 2.29. The Bertz CT molecular complexity index is 743. The van der Waals surface area contributed by atoms with E-state index in [9.17, 15) is 9.18 Å². The van der Waals surface area contributed by atoms with Crippen LogP contribution in [0.25, 0.3) is 0 Å². The zero-order valence-electron chi connectivity index (χ0n) is 10.7.